The van der Waals surface area contributed by atoms with E-state index < -0.39 is 0 Å². The summed E-state index contributed by atoms with van der Waals surface area (Å²) in [7, 11) is 3.31. The van der Waals surface area contributed by atoms with Gasteiger partial charge in [-0.2, -0.15) is 0 Å². The summed E-state index contributed by atoms with van der Waals surface area (Å²) >= 11 is 3.12. The van der Waals surface area contributed by atoms with E-state index in [1.54, 1.807) is 19.1 Å². The van der Waals surface area contributed by atoms with Crippen molar-refractivity contribution < 1.29 is 9.53 Å². The molecule has 0 aliphatic carbocycles. The lowest BCUT2D eigenvalue weighted by Gasteiger charge is -2.17. The highest BCUT2D eigenvalue weighted by molar-refractivity contribution is 9.10. The highest BCUT2D eigenvalue weighted by atomic mass is 79.9. The summed E-state index contributed by atoms with van der Waals surface area (Å²) in [5.74, 6) is 0.579. The predicted octanol–water partition coefficient (Wildman–Crippen LogP) is 2.42. The van der Waals surface area contributed by atoms with Crippen molar-refractivity contribution in [2.24, 2.45) is 0 Å². The number of carbonyl (C=O) groups excluding carboxylic acids is 1. The first-order valence-electron chi connectivity index (χ1n) is 6.28. The number of benzene rings is 1. The third-order valence-corrected chi connectivity index (χ3v) is 3.59. The van der Waals surface area contributed by atoms with Crippen molar-refractivity contribution in [1.82, 2.24) is 9.88 Å². The molecule has 0 aliphatic heterocycles. The summed E-state index contributed by atoms with van der Waals surface area (Å²) in [6.45, 7) is 0.451. The number of hydrogen-bond donors (Lipinski definition) is 1. The van der Waals surface area contributed by atoms with Crippen molar-refractivity contribution in [2.45, 2.75) is 6.54 Å². The van der Waals surface area contributed by atoms with Crippen LogP contribution >= 0.6 is 15.9 Å². The summed E-state index contributed by atoms with van der Waals surface area (Å²) in [5, 5.41) is 0. The number of aromatic amines is 1. The van der Waals surface area contributed by atoms with Crippen LogP contribution < -0.4 is 10.3 Å². The number of nitrogens with one attached hydrogen (secondary N) is 1. The Labute approximate surface area is 130 Å². The number of H-pyrrole nitrogens is 1. The first-order chi connectivity index (χ1) is 10.0. The van der Waals surface area contributed by atoms with Crippen molar-refractivity contribution in [3.05, 3.63) is 62.5 Å². The Balaban J connectivity index is 2.15. The number of halogens is 1. The van der Waals surface area contributed by atoms with Gasteiger partial charge in [-0.05, 0) is 39.7 Å². The van der Waals surface area contributed by atoms with Gasteiger partial charge in [0.1, 0.15) is 5.75 Å². The number of methoxy groups -OCH3 is 1. The minimum atomic E-state index is -0.262. The molecular weight excluding hydrogens is 336 g/mol. The van der Waals surface area contributed by atoms with Crippen molar-refractivity contribution in [1.29, 1.82) is 0 Å². The van der Waals surface area contributed by atoms with E-state index in [1.165, 1.54) is 12.3 Å². The maximum Gasteiger partial charge on any atom is 0.262 e. The summed E-state index contributed by atoms with van der Waals surface area (Å²) < 4.78 is 5.50. The number of aromatic nitrogens is 1. The summed E-state index contributed by atoms with van der Waals surface area (Å²) in [6, 6.07) is 9.05. The van der Waals surface area contributed by atoms with Gasteiger partial charge in [-0.1, -0.05) is 12.1 Å². The Kier molecular flexibility index (Phi) is 4.80. The molecule has 1 amide bonds. The number of hydrogen-bond acceptors (Lipinski definition) is 3. The van der Waals surface area contributed by atoms with Crippen LogP contribution in [-0.2, 0) is 6.54 Å². The van der Waals surface area contributed by atoms with Crippen LogP contribution in [0, 0.1) is 0 Å². The molecule has 1 N–H and O–H groups in total. The molecule has 0 unspecified atom stereocenters. The van der Waals surface area contributed by atoms with Crippen LogP contribution in [0.1, 0.15) is 15.9 Å². The van der Waals surface area contributed by atoms with Gasteiger partial charge in [-0.15, -0.1) is 0 Å². The lowest BCUT2D eigenvalue weighted by molar-refractivity contribution is 0.0784. The van der Waals surface area contributed by atoms with Crippen molar-refractivity contribution in [3.8, 4) is 5.75 Å². The van der Waals surface area contributed by atoms with Crippen molar-refractivity contribution in [2.75, 3.05) is 14.2 Å². The van der Waals surface area contributed by atoms with Gasteiger partial charge in [0.2, 0.25) is 0 Å². The lowest BCUT2D eigenvalue weighted by Crippen LogP contribution is -2.27. The normalized spacial score (nSPS) is 10.2. The van der Waals surface area contributed by atoms with E-state index in [2.05, 4.69) is 20.9 Å². The van der Waals surface area contributed by atoms with Crippen LogP contribution in [0.25, 0.3) is 0 Å². The summed E-state index contributed by atoms with van der Waals surface area (Å²) in [5.41, 5.74) is 1.13. The van der Waals surface area contributed by atoms with E-state index in [0.29, 0.717) is 16.6 Å². The molecule has 0 spiro atoms. The highest BCUT2D eigenvalue weighted by Crippen LogP contribution is 2.15. The third-order valence-electron chi connectivity index (χ3n) is 3.01. The fourth-order valence-corrected chi connectivity index (χ4v) is 2.28. The number of rotatable bonds is 4. The zero-order valence-electron chi connectivity index (χ0n) is 11.7. The maximum absolute atomic E-state index is 12.3. The second-order valence-electron chi connectivity index (χ2n) is 4.58. The van der Waals surface area contributed by atoms with Gasteiger partial charge in [0.25, 0.3) is 11.5 Å². The topological polar surface area (TPSA) is 62.4 Å². The molecule has 1 aromatic carbocycles. The van der Waals surface area contributed by atoms with Crippen LogP contribution in [0.2, 0.25) is 0 Å². The molecule has 0 radical (unpaired) electrons. The zero-order chi connectivity index (χ0) is 15.4. The van der Waals surface area contributed by atoms with Gasteiger partial charge < -0.3 is 14.6 Å². The van der Waals surface area contributed by atoms with E-state index in [1.807, 2.05) is 24.3 Å². The molecule has 0 saturated carbocycles. The van der Waals surface area contributed by atoms with Gasteiger partial charge in [0.15, 0.2) is 0 Å². The van der Waals surface area contributed by atoms with Gasteiger partial charge in [-0.25, -0.2) is 0 Å². The van der Waals surface area contributed by atoms with Gasteiger partial charge in [-0.3, -0.25) is 9.59 Å². The molecule has 0 bridgehead atoms. The van der Waals surface area contributed by atoms with Crippen LogP contribution in [-0.4, -0.2) is 29.9 Å². The second-order valence-corrected chi connectivity index (χ2v) is 5.43. The molecular formula is C15H15BrN2O3. The first kappa shape index (κ1) is 15.3. The molecule has 0 aliphatic rings. The van der Waals surface area contributed by atoms with E-state index in [-0.39, 0.29) is 11.5 Å². The zero-order valence-corrected chi connectivity index (χ0v) is 13.3. The quantitative estimate of drug-likeness (QED) is 0.920. The molecule has 1 heterocycles. The average Bonchev–Trinajstić information content (AvgIpc) is 2.49. The van der Waals surface area contributed by atoms with E-state index in [0.717, 1.165) is 11.3 Å². The Morgan fingerprint density at radius 1 is 1.38 bits per heavy atom. The highest BCUT2D eigenvalue weighted by Gasteiger charge is 2.13. The monoisotopic (exact) mass is 350 g/mol. The molecule has 6 heteroatoms. The molecule has 21 heavy (non-hydrogen) atoms. The number of amides is 1. The summed E-state index contributed by atoms with van der Waals surface area (Å²) in [6.07, 6.45) is 1.41. The third kappa shape index (κ3) is 3.72. The fraction of sp³-hybridized carbons (Fsp3) is 0.200. The van der Waals surface area contributed by atoms with Crippen LogP contribution in [0.5, 0.6) is 5.75 Å². The van der Waals surface area contributed by atoms with Crippen LogP contribution in [0.3, 0.4) is 0 Å². The molecule has 0 atom stereocenters. The molecule has 1 aromatic heterocycles. The minimum absolute atomic E-state index is 0.172. The predicted molar refractivity (Wildman–Crippen MR) is 83.6 cm³/mol. The molecule has 2 aromatic rings. The Morgan fingerprint density at radius 2 is 2.14 bits per heavy atom. The van der Waals surface area contributed by atoms with Crippen molar-refractivity contribution >= 4 is 21.8 Å². The van der Waals surface area contributed by atoms with Gasteiger partial charge >= 0.3 is 0 Å². The minimum Gasteiger partial charge on any atom is -0.497 e. The number of carbonyl (C=O) groups is 1. The van der Waals surface area contributed by atoms with Gasteiger partial charge in [0.05, 0.1) is 17.1 Å². The number of ether oxygens (including phenoxy) is 1. The smallest absolute Gasteiger partial charge is 0.262 e. The fourth-order valence-electron chi connectivity index (χ4n) is 1.92. The summed E-state index contributed by atoms with van der Waals surface area (Å²) in [4.78, 5) is 27.7. The van der Waals surface area contributed by atoms with E-state index in [4.69, 9.17) is 4.74 Å². The average molecular weight is 351 g/mol. The van der Waals surface area contributed by atoms with Crippen molar-refractivity contribution in [3.63, 3.8) is 0 Å². The maximum atomic E-state index is 12.3. The number of pyridine rings is 1. The van der Waals surface area contributed by atoms with E-state index in [9.17, 15) is 9.59 Å². The van der Waals surface area contributed by atoms with Gasteiger partial charge in [0, 0.05) is 19.8 Å². The van der Waals surface area contributed by atoms with Crippen LogP contribution in [0.4, 0.5) is 0 Å². The molecule has 2 rings (SSSR count). The first-order valence-corrected chi connectivity index (χ1v) is 7.07. The molecule has 5 nitrogen and oxygen atoms in total. The van der Waals surface area contributed by atoms with E-state index >= 15 is 0 Å². The lowest BCUT2D eigenvalue weighted by atomic mass is 10.2. The molecule has 0 fully saturated rings. The second kappa shape index (κ2) is 6.58. The standard InChI is InChI=1S/C15H15BrN2O3/c1-18(9-10-4-3-5-12(6-10)21-2)15(20)11-7-13(16)14(19)17-8-11/h3-8H,9H2,1-2H3,(H,17,19). The largest absolute Gasteiger partial charge is 0.497 e. The SMILES string of the molecule is COc1cccc(CN(C)C(=O)c2c[nH]c(=O)c(Br)c2)c1. The molecule has 110 valence electrons. The van der Waals surface area contributed by atoms with Crippen LogP contribution in [0.15, 0.2) is 45.8 Å². The molecule has 0 saturated heterocycles. The number of nitrogens with zero attached hydrogens (tertiary/aromatic N) is 1. The Bertz CT molecular complexity index is 712. The Morgan fingerprint density at radius 3 is 2.81 bits per heavy atom. The Hall–Kier alpha value is -2.08.